The molecule has 1 aliphatic rings. The Bertz CT molecular complexity index is 155. The van der Waals surface area contributed by atoms with E-state index in [0.29, 0.717) is 5.31 Å². The maximum Gasteiger partial charge on any atom is 0.149 e. The maximum atomic E-state index is 2.42. The van der Waals surface area contributed by atoms with Crippen LogP contribution in [0.1, 0.15) is 53.9 Å². The Labute approximate surface area is 84.6 Å². The first kappa shape index (κ1) is 11.1. The highest BCUT2D eigenvalue weighted by atomic mass is 14.2. The van der Waals surface area contributed by atoms with E-state index >= 15 is 0 Å². The van der Waals surface area contributed by atoms with Crippen molar-refractivity contribution in [3.63, 3.8) is 0 Å². The SMILES string of the molecule is CC(C)C1CCCCB1C(C)(C)C. The number of rotatable bonds is 1. The van der Waals surface area contributed by atoms with Gasteiger partial charge >= 0.3 is 0 Å². The normalized spacial score (nSPS) is 25.4. The molecule has 1 saturated heterocycles. The van der Waals surface area contributed by atoms with Gasteiger partial charge in [-0.2, -0.15) is 0 Å². The van der Waals surface area contributed by atoms with Gasteiger partial charge in [0.2, 0.25) is 0 Å². The van der Waals surface area contributed by atoms with E-state index in [1.807, 2.05) is 0 Å². The van der Waals surface area contributed by atoms with Crippen molar-refractivity contribution in [2.45, 2.75) is 71.3 Å². The molecule has 0 aliphatic carbocycles. The van der Waals surface area contributed by atoms with Crippen LogP contribution in [-0.2, 0) is 0 Å². The topological polar surface area (TPSA) is 0 Å². The average molecular weight is 180 g/mol. The highest BCUT2D eigenvalue weighted by Gasteiger charge is 2.38. The van der Waals surface area contributed by atoms with Gasteiger partial charge in [0.05, 0.1) is 0 Å². The van der Waals surface area contributed by atoms with Crippen LogP contribution >= 0.6 is 0 Å². The van der Waals surface area contributed by atoms with Crippen LogP contribution in [0.4, 0.5) is 0 Å². The second-order valence-corrected chi connectivity index (χ2v) is 6.16. The molecule has 0 aromatic rings. The average Bonchev–Trinajstić information content (AvgIpc) is 2.03. The molecule has 0 bridgehead atoms. The van der Waals surface area contributed by atoms with Crippen molar-refractivity contribution in [3.8, 4) is 0 Å². The zero-order chi connectivity index (χ0) is 10.1. The molecule has 0 radical (unpaired) electrons. The fourth-order valence-electron chi connectivity index (χ4n) is 3.03. The lowest BCUT2D eigenvalue weighted by Gasteiger charge is -2.40. The molecule has 1 fully saturated rings. The lowest BCUT2D eigenvalue weighted by Crippen LogP contribution is -2.35. The summed E-state index contributed by atoms with van der Waals surface area (Å²) in [5.74, 6) is 1.86. The Balaban J connectivity index is 2.67. The lowest BCUT2D eigenvalue weighted by atomic mass is 9.23. The Hall–Kier alpha value is 0.0649. The van der Waals surface area contributed by atoms with Gasteiger partial charge in [-0.25, -0.2) is 0 Å². The highest BCUT2D eigenvalue weighted by Crippen LogP contribution is 2.45. The molecule has 0 nitrogen and oxygen atoms in total. The molecule has 0 aromatic heterocycles. The van der Waals surface area contributed by atoms with Crippen LogP contribution in [0, 0.1) is 5.92 Å². The van der Waals surface area contributed by atoms with E-state index in [4.69, 9.17) is 0 Å². The first-order valence-corrected chi connectivity index (χ1v) is 5.93. The third-order valence-electron chi connectivity index (χ3n) is 3.79. The molecule has 0 saturated carbocycles. The van der Waals surface area contributed by atoms with Gasteiger partial charge in [0, 0.05) is 0 Å². The predicted molar refractivity (Wildman–Crippen MR) is 62.7 cm³/mol. The quantitative estimate of drug-likeness (QED) is 0.521. The minimum atomic E-state index is 0.523. The minimum absolute atomic E-state index is 0.523. The number of hydrogen-bond donors (Lipinski definition) is 0. The predicted octanol–water partition coefficient (Wildman–Crippen LogP) is 4.49. The number of hydrogen-bond acceptors (Lipinski definition) is 0. The van der Waals surface area contributed by atoms with E-state index in [2.05, 4.69) is 34.6 Å². The van der Waals surface area contributed by atoms with E-state index in [1.165, 1.54) is 25.6 Å². The first-order chi connectivity index (χ1) is 5.93. The smallest absolute Gasteiger partial charge is 0.0735 e. The van der Waals surface area contributed by atoms with Crippen LogP contribution in [0.2, 0.25) is 17.5 Å². The largest absolute Gasteiger partial charge is 0.149 e. The van der Waals surface area contributed by atoms with Gasteiger partial charge < -0.3 is 0 Å². The second kappa shape index (κ2) is 4.06. The summed E-state index contributed by atoms with van der Waals surface area (Å²) < 4.78 is 0. The summed E-state index contributed by atoms with van der Waals surface area (Å²) in [5, 5.41) is 0.523. The summed E-state index contributed by atoms with van der Waals surface area (Å²) in [7, 11) is 0. The van der Waals surface area contributed by atoms with Crippen LogP contribution in [0.3, 0.4) is 0 Å². The molecule has 1 aliphatic heterocycles. The third kappa shape index (κ3) is 2.75. The second-order valence-electron chi connectivity index (χ2n) is 6.16. The molecule has 1 heterocycles. The summed E-state index contributed by atoms with van der Waals surface area (Å²) in [6.07, 6.45) is 5.87. The van der Waals surface area contributed by atoms with Gasteiger partial charge in [-0.15, -0.1) is 0 Å². The van der Waals surface area contributed by atoms with E-state index in [1.54, 1.807) is 0 Å². The van der Waals surface area contributed by atoms with Gasteiger partial charge in [0.25, 0.3) is 0 Å². The van der Waals surface area contributed by atoms with Crippen molar-refractivity contribution in [3.05, 3.63) is 0 Å². The fourth-order valence-corrected chi connectivity index (χ4v) is 3.03. The third-order valence-corrected chi connectivity index (χ3v) is 3.79. The summed E-state index contributed by atoms with van der Waals surface area (Å²) in [6.45, 7) is 13.0. The monoisotopic (exact) mass is 180 g/mol. The van der Waals surface area contributed by atoms with Crippen LogP contribution < -0.4 is 0 Å². The zero-order valence-corrected chi connectivity index (χ0v) is 10.1. The van der Waals surface area contributed by atoms with E-state index in [0.717, 1.165) is 18.4 Å². The van der Waals surface area contributed by atoms with Gasteiger partial charge in [-0.1, -0.05) is 77.3 Å². The van der Waals surface area contributed by atoms with Crippen molar-refractivity contribution < 1.29 is 0 Å². The van der Waals surface area contributed by atoms with E-state index in [9.17, 15) is 0 Å². The molecule has 0 aromatic carbocycles. The Morgan fingerprint density at radius 2 is 1.77 bits per heavy atom. The molecule has 0 spiro atoms. The Morgan fingerprint density at radius 3 is 2.15 bits per heavy atom. The molecule has 1 heteroatoms. The van der Waals surface area contributed by atoms with Crippen LogP contribution in [-0.4, -0.2) is 6.71 Å². The van der Waals surface area contributed by atoms with Crippen molar-refractivity contribution in [2.24, 2.45) is 5.92 Å². The fraction of sp³-hybridized carbons (Fsp3) is 1.00. The highest BCUT2D eigenvalue weighted by molar-refractivity contribution is 6.63. The van der Waals surface area contributed by atoms with Gasteiger partial charge in [0.15, 0.2) is 0 Å². The molecule has 76 valence electrons. The van der Waals surface area contributed by atoms with E-state index < -0.39 is 0 Å². The summed E-state index contributed by atoms with van der Waals surface area (Å²) in [4.78, 5) is 0. The molecular formula is C12H25B. The standard InChI is InChI=1S/C12H25B/c1-10(2)11-8-6-7-9-13(11)12(3,4)5/h10-11H,6-9H2,1-5H3. The van der Waals surface area contributed by atoms with Crippen LogP contribution in [0.15, 0.2) is 0 Å². The summed E-state index contributed by atoms with van der Waals surface area (Å²) >= 11 is 0. The zero-order valence-electron chi connectivity index (χ0n) is 10.1. The Morgan fingerprint density at radius 1 is 1.15 bits per heavy atom. The van der Waals surface area contributed by atoms with Crippen molar-refractivity contribution in [1.29, 1.82) is 0 Å². The molecule has 0 N–H and O–H groups in total. The molecule has 0 amide bonds. The first-order valence-electron chi connectivity index (χ1n) is 5.93. The van der Waals surface area contributed by atoms with Crippen molar-refractivity contribution >= 4 is 6.71 Å². The summed E-state index contributed by atoms with van der Waals surface area (Å²) in [6, 6.07) is 0. The molecule has 13 heavy (non-hydrogen) atoms. The van der Waals surface area contributed by atoms with Crippen LogP contribution in [0.5, 0.6) is 0 Å². The van der Waals surface area contributed by atoms with E-state index in [-0.39, 0.29) is 0 Å². The van der Waals surface area contributed by atoms with Gasteiger partial charge in [-0.05, 0) is 0 Å². The lowest BCUT2D eigenvalue weighted by molar-refractivity contribution is 0.479. The van der Waals surface area contributed by atoms with Crippen molar-refractivity contribution in [2.75, 3.05) is 0 Å². The van der Waals surface area contributed by atoms with Crippen LogP contribution in [0.25, 0.3) is 0 Å². The minimum Gasteiger partial charge on any atom is -0.0735 e. The Kier molecular flexibility index (Phi) is 3.48. The maximum absolute atomic E-state index is 2.42. The molecule has 1 rings (SSSR count). The molecular weight excluding hydrogens is 155 g/mol. The van der Waals surface area contributed by atoms with Crippen molar-refractivity contribution in [1.82, 2.24) is 0 Å². The van der Waals surface area contributed by atoms with Gasteiger partial charge in [-0.3, -0.25) is 0 Å². The summed E-state index contributed by atoms with van der Waals surface area (Å²) in [5.41, 5.74) is 0. The molecule has 1 unspecified atom stereocenters. The molecule has 1 atom stereocenters. The van der Waals surface area contributed by atoms with Gasteiger partial charge in [0.1, 0.15) is 6.71 Å².